The van der Waals surface area contributed by atoms with Crippen LogP contribution < -0.4 is 0 Å². The number of alkyl halides is 1. The number of nitrogens with zero attached hydrogens (tertiary/aromatic N) is 2. The molecule has 0 bridgehead atoms. The van der Waals surface area contributed by atoms with Crippen molar-refractivity contribution >= 4 is 11.6 Å². The van der Waals surface area contributed by atoms with Crippen molar-refractivity contribution in [3.63, 3.8) is 0 Å². The van der Waals surface area contributed by atoms with E-state index in [0.29, 0.717) is 5.88 Å². The number of hydrogen-bond acceptors (Lipinski definition) is 3. The van der Waals surface area contributed by atoms with E-state index in [1.165, 1.54) is 45.3 Å². The molecule has 0 aromatic rings. The summed E-state index contributed by atoms with van der Waals surface area (Å²) in [5, 5.41) is 9.52. The molecule has 2 heterocycles. The molecule has 0 spiro atoms. The number of likely N-dealkylation sites (tertiary alicyclic amines) is 2. The molecule has 2 aliphatic rings. The van der Waals surface area contributed by atoms with Gasteiger partial charge in [-0.05, 0) is 57.8 Å². The molecule has 2 saturated heterocycles. The normalized spacial score (nSPS) is 26.5. The number of piperidine rings is 1. The molecule has 1 N–H and O–H groups in total. The summed E-state index contributed by atoms with van der Waals surface area (Å²) in [6.07, 6.45) is 4.99. The summed E-state index contributed by atoms with van der Waals surface area (Å²) in [5.74, 6) is 1.23. The third-order valence-corrected chi connectivity index (χ3v) is 4.43. The van der Waals surface area contributed by atoms with Gasteiger partial charge < -0.3 is 14.9 Å². The summed E-state index contributed by atoms with van der Waals surface area (Å²) in [7, 11) is 0. The highest BCUT2D eigenvalue weighted by Gasteiger charge is 2.23. The van der Waals surface area contributed by atoms with Crippen LogP contribution in [0.25, 0.3) is 0 Å². The quantitative estimate of drug-likeness (QED) is 0.757. The van der Waals surface area contributed by atoms with Gasteiger partial charge in [-0.1, -0.05) is 0 Å². The minimum atomic E-state index is -0.355. The van der Waals surface area contributed by atoms with Gasteiger partial charge in [0.1, 0.15) is 0 Å². The highest BCUT2D eigenvalue weighted by molar-refractivity contribution is 6.18. The molecule has 100 valence electrons. The molecule has 2 fully saturated rings. The number of β-amino-alcohol motifs (C(OH)–C–C–N with tert-alkyl or cyclic N) is 1. The number of rotatable bonds is 5. The lowest BCUT2D eigenvalue weighted by Gasteiger charge is -2.34. The van der Waals surface area contributed by atoms with Gasteiger partial charge in [0.15, 0.2) is 0 Å². The lowest BCUT2D eigenvalue weighted by Crippen LogP contribution is -2.41. The largest absolute Gasteiger partial charge is 0.391 e. The third-order valence-electron chi connectivity index (χ3n) is 4.07. The summed E-state index contributed by atoms with van der Waals surface area (Å²) in [6, 6.07) is 0. The molecule has 0 aromatic heterocycles. The first-order chi connectivity index (χ1) is 8.28. The van der Waals surface area contributed by atoms with Crippen LogP contribution in [0.2, 0.25) is 0 Å². The number of aliphatic hydroxyl groups excluding tert-OH is 1. The van der Waals surface area contributed by atoms with Crippen LogP contribution >= 0.6 is 11.6 Å². The van der Waals surface area contributed by atoms with Crippen LogP contribution in [0.1, 0.15) is 25.7 Å². The molecule has 0 aromatic carbocycles. The molecule has 0 radical (unpaired) electrons. The van der Waals surface area contributed by atoms with Crippen LogP contribution in [0.15, 0.2) is 0 Å². The van der Waals surface area contributed by atoms with Crippen LogP contribution in [0, 0.1) is 5.92 Å². The van der Waals surface area contributed by atoms with Gasteiger partial charge in [-0.3, -0.25) is 0 Å². The third kappa shape index (κ3) is 4.40. The maximum Gasteiger partial charge on any atom is 0.0802 e. The van der Waals surface area contributed by atoms with E-state index in [0.717, 1.165) is 25.6 Å². The van der Waals surface area contributed by atoms with Crippen LogP contribution in [-0.4, -0.2) is 66.2 Å². The van der Waals surface area contributed by atoms with Gasteiger partial charge in [-0.2, -0.15) is 0 Å². The van der Waals surface area contributed by atoms with Crippen molar-refractivity contribution in [2.45, 2.75) is 31.8 Å². The maximum atomic E-state index is 9.52. The van der Waals surface area contributed by atoms with E-state index < -0.39 is 0 Å². The van der Waals surface area contributed by atoms with Crippen molar-refractivity contribution in [1.29, 1.82) is 0 Å². The summed E-state index contributed by atoms with van der Waals surface area (Å²) in [4.78, 5) is 4.97. The zero-order valence-corrected chi connectivity index (χ0v) is 11.4. The standard InChI is InChI=1S/C13H25ClN2O/c14-9-13(17)11-16-7-3-12(4-8-16)10-15-5-1-2-6-15/h12-13,17H,1-11H2. The van der Waals surface area contributed by atoms with Crippen LogP contribution in [0.5, 0.6) is 0 Å². The van der Waals surface area contributed by atoms with Gasteiger partial charge in [-0.15, -0.1) is 11.6 Å². The second kappa shape index (κ2) is 6.93. The fraction of sp³-hybridized carbons (Fsp3) is 1.00. The fourth-order valence-electron chi connectivity index (χ4n) is 3.03. The maximum absolute atomic E-state index is 9.52. The van der Waals surface area contributed by atoms with E-state index in [1.54, 1.807) is 0 Å². The summed E-state index contributed by atoms with van der Waals surface area (Å²) in [6.45, 7) is 6.93. The van der Waals surface area contributed by atoms with Crippen molar-refractivity contribution < 1.29 is 5.11 Å². The van der Waals surface area contributed by atoms with E-state index in [4.69, 9.17) is 11.6 Å². The Hall–Kier alpha value is 0.170. The topological polar surface area (TPSA) is 26.7 Å². The van der Waals surface area contributed by atoms with Crippen molar-refractivity contribution in [3.05, 3.63) is 0 Å². The zero-order valence-electron chi connectivity index (χ0n) is 10.7. The van der Waals surface area contributed by atoms with Crippen LogP contribution in [0.4, 0.5) is 0 Å². The molecule has 1 unspecified atom stereocenters. The molecule has 4 heteroatoms. The van der Waals surface area contributed by atoms with Gasteiger partial charge in [-0.25, -0.2) is 0 Å². The van der Waals surface area contributed by atoms with Gasteiger partial charge in [0.25, 0.3) is 0 Å². The molecular formula is C13H25ClN2O. The molecule has 17 heavy (non-hydrogen) atoms. The Morgan fingerprint density at radius 2 is 1.71 bits per heavy atom. The van der Waals surface area contributed by atoms with Gasteiger partial charge in [0, 0.05) is 19.0 Å². The summed E-state index contributed by atoms with van der Waals surface area (Å²) >= 11 is 5.63. The number of halogens is 1. The fourth-order valence-corrected chi connectivity index (χ4v) is 3.13. The Kier molecular flexibility index (Phi) is 5.54. The minimum absolute atomic E-state index is 0.355. The number of aliphatic hydroxyl groups is 1. The van der Waals surface area contributed by atoms with Crippen LogP contribution in [0.3, 0.4) is 0 Å². The van der Waals surface area contributed by atoms with E-state index in [9.17, 15) is 5.11 Å². The minimum Gasteiger partial charge on any atom is -0.391 e. The Morgan fingerprint density at radius 3 is 2.29 bits per heavy atom. The highest BCUT2D eigenvalue weighted by atomic mass is 35.5. The second-order valence-corrected chi connectivity index (χ2v) is 5.87. The monoisotopic (exact) mass is 260 g/mol. The Bertz CT molecular complexity index is 213. The van der Waals surface area contributed by atoms with Crippen LogP contribution in [-0.2, 0) is 0 Å². The lowest BCUT2D eigenvalue weighted by molar-refractivity contribution is 0.0940. The smallest absolute Gasteiger partial charge is 0.0802 e. The van der Waals surface area contributed by atoms with Crippen molar-refractivity contribution in [1.82, 2.24) is 9.80 Å². The zero-order chi connectivity index (χ0) is 12.1. The van der Waals surface area contributed by atoms with E-state index in [2.05, 4.69) is 9.80 Å². The highest BCUT2D eigenvalue weighted by Crippen LogP contribution is 2.20. The second-order valence-electron chi connectivity index (χ2n) is 5.56. The number of hydrogen-bond donors (Lipinski definition) is 1. The van der Waals surface area contributed by atoms with Crippen molar-refractivity contribution in [2.75, 3.05) is 45.1 Å². The summed E-state index contributed by atoms with van der Waals surface area (Å²) in [5.41, 5.74) is 0. The molecule has 2 rings (SSSR count). The van der Waals surface area contributed by atoms with Gasteiger partial charge in [0.2, 0.25) is 0 Å². The molecule has 0 aliphatic carbocycles. The average Bonchev–Trinajstić information content (AvgIpc) is 2.84. The Labute approximate surface area is 110 Å². The first-order valence-electron chi connectivity index (χ1n) is 6.96. The van der Waals surface area contributed by atoms with Gasteiger partial charge >= 0.3 is 0 Å². The average molecular weight is 261 g/mol. The Morgan fingerprint density at radius 1 is 1.06 bits per heavy atom. The molecule has 2 aliphatic heterocycles. The van der Waals surface area contributed by atoms with Crippen molar-refractivity contribution in [2.24, 2.45) is 5.92 Å². The molecular weight excluding hydrogens is 236 g/mol. The summed E-state index contributed by atoms with van der Waals surface area (Å²) < 4.78 is 0. The predicted molar refractivity (Wildman–Crippen MR) is 71.6 cm³/mol. The first-order valence-corrected chi connectivity index (χ1v) is 7.50. The molecule has 1 atom stereocenters. The van der Waals surface area contributed by atoms with E-state index >= 15 is 0 Å². The van der Waals surface area contributed by atoms with Crippen molar-refractivity contribution in [3.8, 4) is 0 Å². The molecule has 0 amide bonds. The van der Waals surface area contributed by atoms with E-state index in [-0.39, 0.29) is 6.10 Å². The Balaban J connectivity index is 1.63. The van der Waals surface area contributed by atoms with Gasteiger partial charge in [0.05, 0.1) is 6.10 Å². The van der Waals surface area contributed by atoms with E-state index in [1.807, 2.05) is 0 Å². The first kappa shape index (κ1) is 13.6. The molecule has 0 saturated carbocycles. The molecule has 3 nitrogen and oxygen atoms in total. The lowest BCUT2D eigenvalue weighted by atomic mass is 9.96. The SMILES string of the molecule is OC(CCl)CN1CCC(CN2CCCC2)CC1. The predicted octanol–water partition coefficient (Wildman–Crippen LogP) is 1.39.